The Bertz CT molecular complexity index is 516. The molecule has 0 aliphatic rings. The Morgan fingerprint density at radius 3 is 2.88 bits per heavy atom. The Kier molecular flexibility index (Phi) is 3.26. The number of hydrogen-bond acceptors (Lipinski definition) is 3. The van der Waals surface area contributed by atoms with Crippen LogP contribution in [-0.4, -0.2) is 9.97 Å². The summed E-state index contributed by atoms with van der Waals surface area (Å²) in [6.45, 7) is 0.311. The highest BCUT2D eigenvalue weighted by Gasteiger charge is 2.08. The molecule has 82 valence electrons. The molecule has 0 fully saturated rings. The van der Waals surface area contributed by atoms with Crippen LogP contribution < -0.4 is 5.73 Å². The Labute approximate surface area is 101 Å². The van der Waals surface area contributed by atoms with Gasteiger partial charge in [0.15, 0.2) is 5.82 Å². The molecule has 2 aromatic rings. The zero-order valence-corrected chi connectivity index (χ0v) is 9.91. The molecule has 0 radical (unpaired) electrons. The summed E-state index contributed by atoms with van der Waals surface area (Å²) in [6, 6.07) is 6.36. The van der Waals surface area contributed by atoms with E-state index in [-0.39, 0.29) is 5.82 Å². The zero-order chi connectivity index (χ0) is 11.5. The second-order valence-electron chi connectivity index (χ2n) is 3.20. The SMILES string of the molecule is NCc1ccnc(-c2cc(Br)ccc2F)n1. The maximum atomic E-state index is 13.6. The van der Waals surface area contributed by atoms with Gasteiger partial charge < -0.3 is 5.73 Å². The fourth-order valence-corrected chi connectivity index (χ4v) is 1.67. The van der Waals surface area contributed by atoms with Gasteiger partial charge in [0, 0.05) is 17.2 Å². The molecule has 0 atom stereocenters. The molecule has 16 heavy (non-hydrogen) atoms. The molecule has 0 aliphatic carbocycles. The van der Waals surface area contributed by atoms with Crippen molar-refractivity contribution in [3.05, 3.63) is 46.4 Å². The first-order valence-corrected chi connectivity index (χ1v) is 5.47. The van der Waals surface area contributed by atoms with E-state index in [2.05, 4.69) is 25.9 Å². The van der Waals surface area contributed by atoms with Crippen molar-refractivity contribution in [1.82, 2.24) is 9.97 Å². The summed E-state index contributed by atoms with van der Waals surface area (Å²) in [4.78, 5) is 8.20. The van der Waals surface area contributed by atoms with Crippen LogP contribution in [0.15, 0.2) is 34.9 Å². The van der Waals surface area contributed by atoms with Crippen molar-refractivity contribution in [3.63, 3.8) is 0 Å². The molecule has 5 heteroatoms. The first-order chi connectivity index (χ1) is 7.70. The van der Waals surface area contributed by atoms with E-state index in [1.54, 1.807) is 24.4 Å². The molecule has 2 rings (SSSR count). The summed E-state index contributed by atoms with van der Waals surface area (Å²) in [6.07, 6.45) is 1.57. The van der Waals surface area contributed by atoms with E-state index in [0.717, 1.165) is 4.47 Å². The van der Waals surface area contributed by atoms with Crippen LogP contribution in [0.2, 0.25) is 0 Å². The molecule has 2 N–H and O–H groups in total. The number of nitrogens with zero attached hydrogens (tertiary/aromatic N) is 2. The van der Waals surface area contributed by atoms with Gasteiger partial charge in [0.05, 0.1) is 11.3 Å². The van der Waals surface area contributed by atoms with Crippen LogP contribution in [0.25, 0.3) is 11.4 Å². The summed E-state index contributed by atoms with van der Waals surface area (Å²) in [5, 5.41) is 0. The van der Waals surface area contributed by atoms with E-state index in [9.17, 15) is 4.39 Å². The van der Waals surface area contributed by atoms with Gasteiger partial charge in [-0.25, -0.2) is 14.4 Å². The molecule has 0 bridgehead atoms. The van der Waals surface area contributed by atoms with Gasteiger partial charge in [-0.2, -0.15) is 0 Å². The minimum absolute atomic E-state index is 0.311. The largest absolute Gasteiger partial charge is 0.325 e. The van der Waals surface area contributed by atoms with Crippen LogP contribution in [0.4, 0.5) is 4.39 Å². The number of rotatable bonds is 2. The maximum absolute atomic E-state index is 13.6. The minimum atomic E-state index is -0.350. The predicted molar refractivity (Wildman–Crippen MR) is 63.0 cm³/mol. The molecule has 1 aromatic heterocycles. The second-order valence-corrected chi connectivity index (χ2v) is 4.12. The lowest BCUT2D eigenvalue weighted by molar-refractivity contribution is 0.629. The zero-order valence-electron chi connectivity index (χ0n) is 8.32. The highest BCUT2D eigenvalue weighted by Crippen LogP contribution is 2.23. The van der Waals surface area contributed by atoms with Gasteiger partial charge >= 0.3 is 0 Å². The summed E-state index contributed by atoms with van der Waals surface area (Å²) in [7, 11) is 0. The van der Waals surface area contributed by atoms with Crippen LogP contribution in [0.5, 0.6) is 0 Å². The molecular weight excluding hydrogens is 273 g/mol. The lowest BCUT2D eigenvalue weighted by Gasteiger charge is -2.04. The predicted octanol–water partition coefficient (Wildman–Crippen LogP) is 2.50. The summed E-state index contributed by atoms with van der Waals surface area (Å²) >= 11 is 3.28. The Morgan fingerprint density at radius 2 is 2.12 bits per heavy atom. The van der Waals surface area contributed by atoms with Gasteiger partial charge in [-0.1, -0.05) is 15.9 Å². The van der Waals surface area contributed by atoms with Crippen LogP contribution >= 0.6 is 15.9 Å². The van der Waals surface area contributed by atoms with Crippen molar-refractivity contribution in [1.29, 1.82) is 0 Å². The van der Waals surface area contributed by atoms with Crippen LogP contribution in [0, 0.1) is 5.82 Å². The average Bonchev–Trinajstić information content (AvgIpc) is 2.32. The second kappa shape index (κ2) is 4.67. The standard InChI is InChI=1S/C11H9BrFN3/c12-7-1-2-10(13)9(5-7)11-15-4-3-8(6-14)16-11/h1-5H,6,14H2. The summed E-state index contributed by atoms with van der Waals surface area (Å²) < 4.78 is 14.3. The van der Waals surface area contributed by atoms with Gasteiger partial charge in [-0.05, 0) is 24.3 Å². The van der Waals surface area contributed by atoms with E-state index in [4.69, 9.17) is 5.73 Å². The molecule has 0 saturated carbocycles. The van der Waals surface area contributed by atoms with Gasteiger partial charge in [0.2, 0.25) is 0 Å². The topological polar surface area (TPSA) is 51.8 Å². The Hall–Kier alpha value is -1.33. The fourth-order valence-electron chi connectivity index (χ4n) is 1.31. The first-order valence-electron chi connectivity index (χ1n) is 4.68. The van der Waals surface area contributed by atoms with Crippen molar-refractivity contribution < 1.29 is 4.39 Å². The Balaban J connectivity index is 2.53. The first kappa shape index (κ1) is 11.2. The molecule has 0 saturated heterocycles. The van der Waals surface area contributed by atoms with Crippen LogP contribution in [-0.2, 0) is 6.54 Å². The molecule has 3 nitrogen and oxygen atoms in total. The van der Waals surface area contributed by atoms with Crippen molar-refractivity contribution in [2.75, 3.05) is 0 Å². The third kappa shape index (κ3) is 2.25. The monoisotopic (exact) mass is 281 g/mol. The molecule has 0 aliphatic heterocycles. The van der Waals surface area contributed by atoms with Crippen molar-refractivity contribution in [2.45, 2.75) is 6.54 Å². The number of benzene rings is 1. The quantitative estimate of drug-likeness (QED) is 0.920. The number of nitrogens with two attached hydrogens (primary N) is 1. The highest BCUT2D eigenvalue weighted by molar-refractivity contribution is 9.10. The van der Waals surface area contributed by atoms with Crippen molar-refractivity contribution >= 4 is 15.9 Å². The maximum Gasteiger partial charge on any atom is 0.162 e. The van der Waals surface area contributed by atoms with E-state index < -0.39 is 0 Å². The third-order valence-electron chi connectivity index (χ3n) is 2.09. The normalized spacial score (nSPS) is 10.4. The third-order valence-corrected chi connectivity index (χ3v) is 2.58. The number of aromatic nitrogens is 2. The molecule has 0 spiro atoms. The van der Waals surface area contributed by atoms with E-state index in [0.29, 0.717) is 23.6 Å². The summed E-state index contributed by atoms with van der Waals surface area (Å²) in [5.74, 6) is -0.000813. The molecule has 0 unspecified atom stereocenters. The van der Waals surface area contributed by atoms with Gasteiger partial charge in [-0.15, -0.1) is 0 Å². The smallest absolute Gasteiger partial charge is 0.162 e. The fraction of sp³-hybridized carbons (Fsp3) is 0.0909. The van der Waals surface area contributed by atoms with E-state index >= 15 is 0 Å². The number of halogens is 2. The molecule has 1 heterocycles. The Morgan fingerprint density at radius 1 is 1.31 bits per heavy atom. The minimum Gasteiger partial charge on any atom is -0.325 e. The van der Waals surface area contributed by atoms with Gasteiger partial charge in [-0.3, -0.25) is 0 Å². The van der Waals surface area contributed by atoms with Crippen LogP contribution in [0.3, 0.4) is 0 Å². The van der Waals surface area contributed by atoms with Gasteiger partial charge in [0.25, 0.3) is 0 Å². The lowest BCUT2D eigenvalue weighted by Crippen LogP contribution is -2.02. The highest BCUT2D eigenvalue weighted by atomic mass is 79.9. The molecule has 0 amide bonds. The average molecular weight is 282 g/mol. The van der Waals surface area contributed by atoms with Gasteiger partial charge in [0.1, 0.15) is 5.82 Å². The molecular formula is C11H9BrFN3. The summed E-state index contributed by atoms with van der Waals surface area (Å²) in [5.41, 5.74) is 6.52. The van der Waals surface area contributed by atoms with E-state index in [1.807, 2.05) is 0 Å². The molecule has 1 aromatic carbocycles. The lowest BCUT2D eigenvalue weighted by atomic mass is 10.2. The van der Waals surface area contributed by atoms with Crippen molar-refractivity contribution in [3.8, 4) is 11.4 Å². The van der Waals surface area contributed by atoms with E-state index in [1.165, 1.54) is 6.07 Å². The number of hydrogen-bond donors (Lipinski definition) is 1. The van der Waals surface area contributed by atoms with Crippen molar-refractivity contribution in [2.24, 2.45) is 5.73 Å². The van der Waals surface area contributed by atoms with Crippen LogP contribution in [0.1, 0.15) is 5.69 Å².